The number of nitrogens with zero attached hydrogens (tertiary/aromatic N) is 1. The second kappa shape index (κ2) is 8.35. The van der Waals surface area contributed by atoms with E-state index in [1.54, 1.807) is 35.2 Å². The summed E-state index contributed by atoms with van der Waals surface area (Å²) in [5.41, 5.74) is 2.48. The molecule has 1 aromatic carbocycles. The Morgan fingerprint density at radius 1 is 1.26 bits per heavy atom. The number of carbonyl (C=O) groups excluding carboxylic acids is 3. The van der Waals surface area contributed by atoms with Crippen molar-refractivity contribution in [2.24, 2.45) is 0 Å². The molecule has 1 saturated heterocycles. The summed E-state index contributed by atoms with van der Waals surface area (Å²) < 4.78 is 5.10. The Morgan fingerprint density at radius 2 is 2.00 bits per heavy atom. The third-order valence-corrected chi connectivity index (χ3v) is 5.77. The van der Waals surface area contributed by atoms with Crippen LogP contribution in [0.15, 0.2) is 30.3 Å². The maximum absolute atomic E-state index is 12.1. The number of aryl methyl sites for hydroxylation is 2. The number of nitrogens with one attached hydrogen (secondary N) is 1. The Bertz CT molecular complexity index is 857. The second-order valence-electron chi connectivity index (χ2n) is 6.39. The molecule has 0 radical (unpaired) electrons. The molecule has 6 nitrogen and oxygen atoms in total. The number of rotatable bonds is 6. The second-order valence-corrected chi connectivity index (χ2v) is 7.53. The summed E-state index contributed by atoms with van der Waals surface area (Å²) in [5, 5.41) is 2.69. The standard InChI is InChI=1S/C20H22N2O4S/c1-3-16-13(2)11-17(27-16)20(25)26-12-18(23)21-14-6-8-15(9-7-14)22-10-4-5-19(22)24/h6-9,11H,3-5,10,12H2,1-2H3,(H,21,23). The zero-order valence-electron chi connectivity index (χ0n) is 15.4. The van der Waals surface area contributed by atoms with Crippen LogP contribution in [-0.2, 0) is 20.7 Å². The van der Waals surface area contributed by atoms with Gasteiger partial charge in [0.2, 0.25) is 5.91 Å². The molecule has 1 aliphatic heterocycles. The number of carbonyl (C=O) groups is 3. The Kier molecular flexibility index (Phi) is 5.91. The number of thiophene rings is 1. The molecule has 27 heavy (non-hydrogen) atoms. The molecule has 0 saturated carbocycles. The molecule has 1 aliphatic rings. The van der Waals surface area contributed by atoms with Crippen LogP contribution in [0.4, 0.5) is 11.4 Å². The van der Waals surface area contributed by atoms with Crippen molar-refractivity contribution in [1.82, 2.24) is 0 Å². The van der Waals surface area contributed by atoms with Crippen molar-refractivity contribution < 1.29 is 19.1 Å². The van der Waals surface area contributed by atoms with E-state index in [2.05, 4.69) is 5.32 Å². The van der Waals surface area contributed by atoms with Crippen LogP contribution in [0, 0.1) is 6.92 Å². The first-order chi connectivity index (χ1) is 13.0. The van der Waals surface area contributed by atoms with E-state index >= 15 is 0 Å². The van der Waals surface area contributed by atoms with Crippen molar-refractivity contribution in [2.75, 3.05) is 23.4 Å². The zero-order valence-corrected chi connectivity index (χ0v) is 16.2. The van der Waals surface area contributed by atoms with E-state index in [9.17, 15) is 14.4 Å². The monoisotopic (exact) mass is 386 g/mol. The molecular weight excluding hydrogens is 364 g/mol. The Balaban J connectivity index is 1.51. The van der Waals surface area contributed by atoms with E-state index in [4.69, 9.17) is 4.74 Å². The van der Waals surface area contributed by atoms with E-state index in [1.807, 2.05) is 13.8 Å². The summed E-state index contributed by atoms with van der Waals surface area (Å²) in [4.78, 5) is 39.2. The number of hydrogen-bond donors (Lipinski definition) is 1. The van der Waals surface area contributed by atoms with Crippen LogP contribution < -0.4 is 10.2 Å². The van der Waals surface area contributed by atoms with Gasteiger partial charge in [-0.05, 0) is 55.7 Å². The van der Waals surface area contributed by atoms with Crippen molar-refractivity contribution in [3.05, 3.63) is 45.6 Å². The predicted octanol–water partition coefficient (Wildman–Crippen LogP) is 3.54. The highest BCUT2D eigenvalue weighted by Gasteiger charge is 2.21. The summed E-state index contributed by atoms with van der Waals surface area (Å²) >= 11 is 1.40. The Morgan fingerprint density at radius 3 is 2.59 bits per heavy atom. The highest BCUT2D eigenvalue weighted by Crippen LogP contribution is 2.24. The molecule has 0 unspecified atom stereocenters. The fraction of sp³-hybridized carbons (Fsp3) is 0.350. The van der Waals surface area contributed by atoms with Crippen LogP contribution in [0.3, 0.4) is 0 Å². The summed E-state index contributed by atoms with van der Waals surface area (Å²) in [6, 6.07) is 8.85. The van der Waals surface area contributed by atoms with Crippen molar-refractivity contribution in [2.45, 2.75) is 33.1 Å². The average molecular weight is 386 g/mol. The lowest BCUT2D eigenvalue weighted by atomic mass is 10.2. The van der Waals surface area contributed by atoms with Crippen molar-refractivity contribution in [3.8, 4) is 0 Å². The van der Waals surface area contributed by atoms with Crippen LogP contribution >= 0.6 is 11.3 Å². The predicted molar refractivity (Wildman–Crippen MR) is 105 cm³/mol. The number of anilines is 2. The van der Waals surface area contributed by atoms with E-state index < -0.39 is 11.9 Å². The number of benzene rings is 1. The summed E-state index contributed by atoms with van der Waals surface area (Å²) in [7, 11) is 0. The minimum atomic E-state index is -0.485. The Labute approximate surface area is 162 Å². The highest BCUT2D eigenvalue weighted by atomic mass is 32.1. The molecule has 1 aromatic heterocycles. The molecule has 0 bridgehead atoms. The average Bonchev–Trinajstić information content (AvgIpc) is 3.25. The maximum Gasteiger partial charge on any atom is 0.348 e. The van der Waals surface area contributed by atoms with Crippen molar-refractivity contribution >= 4 is 40.5 Å². The number of amides is 2. The fourth-order valence-electron chi connectivity index (χ4n) is 3.02. The van der Waals surface area contributed by atoms with Crippen LogP contribution in [0.1, 0.15) is 39.9 Å². The SMILES string of the molecule is CCc1sc(C(=O)OCC(=O)Nc2ccc(N3CCCC3=O)cc2)cc1C. The minimum absolute atomic E-state index is 0.119. The molecule has 0 aliphatic carbocycles. The lowest BCUT2D eigenvalue weighted by Gasteiger charge is -2.16. The molecule has 3 rings (SSSR count). The normalized spacial score (nSPS) is 13.7. The summed E-state index contributed by atoms with van der Waals surface area (Å²) in [5.74, 6) is -0.771. The van der Waals surface area contributed by atoms with Crippen LogP contribution in [0.2, 0.25) is 0 Å². The molecule has 2 aromatic rings. The van der Waals surface area contributed by atoms with Gasteiger partial charge in [-0.2, -0.15) is 0 Å². The van der Waals surface area contributed by atoms with E-state index in [1.165, 1.54) is 11.3 Å². The largest absolute Gasteiger partial charge is 0.451 e. The molecule has 1 N–H and O–H groups in total. The summed E-state index contributed by atoms with van der Waals surface area (Å²) in [6.45, 7) is 4.37. The summed E-state index contributed by atoms with van der Waals surface area (Å²) in [6.07, 6.45) is 2.31. The lowest BCUT2D eigenvalue weighted by molar-refractivity contribution is -0.119. The van der Waals surface area contributed by atoms with Gasteiger partial charge in [-0.25, -0.2) is 4.79 Å². The molecule has 2 amide bonds. The topological polar surface area (TPSA) is 75.7 Å². The first-order valence-electron chi connectivity index (χ1n) is 8.94. The minimum Gasteiger partial charge on any atom is -0.451 e. The van der Waals surface area contributed by atoms with E-state index in [0.29, 0.717) is 17.0 Å². The maximum atomic E-state index is 12.1. The molecule has 1 fully saturated rings. The number of hydrogen-bond acceptors (Lipinski definition) is 5. The van der Waals surface area contributed by atoms with Gasteiger partial charge in [0.25, 0.3) is 5.91 Å². The van der Waals surface area contributed by atoms with Crippen molar-refractivity contribution in [1.29, 1.82) is 0 Å². The number of esters is 1. The molecule has 0 atom stereocenters. The fourth-order valence-corrected chi connectivity index (χ4v) is 4.02. The van der Waals surface area contributed by atoms with Gasteiger partial charge in [0.15, 0.2) is 6.61 Å². The van der Waals surface area contributed by atoms with Gasteiger partial charge in [-0.15, -0.1) is 11.3 Å². The molecule has 0 spiro atoms. The van der Waals surface area contributed by atoms with E-state index in [0.717, 1.165) is 35.5 Å². The van der Waals surface area contributed by atoms with Crippen LogP contribution in [-0.4, -0.2) is 30.9 Å². The molecule has 7 heteroatoms. The third kappa shape index (κ3) is 4.54. The smallest absolute Gasteiger partial charge is 0.348 e. The van der Waals surface area contributed by atoms with Crippen molar-refractivity contribution in [3.63, 3.8) is 0 Å². The van der Waals surface area contributed by atoms with Gasteiger partial charge in [0.1, 0.15) is 4.88 Å². The molecule has 142 valence electrons. The van der Waals surface area contributed by atoms with Gasteiger partial charge >= 0.3 is 5.97 Å². The highest BCUT2D eigenvalue weighted by molar-refractivity contribution is 7.14. The van der Waals surface area contributed by atoms with Crippen LogP contribution in [0.5, 0.6) is 0 Å². The van der Waals surface area contributed by atoms with Gasteiger partial charge in [-0.1, -0.05) is 6.92 Å². The lowest BCUT2D eigenvalue weighted by Crippen LogP contribution is -2.23. The quantitative estimate of drug-likeness (QED) is 0.771. The van der Waals surface area contributed by atoms with Crippen LogP contribution in [0.25, 0.3) is 0 Å². The first-order valence-corrected chi connectivity index (χ1v) is 9.76. The van der Waals surface area contributed by atoms with Gasteiger partial charge < -0.3 is 15.0 Å². The van der Waals surface area contributed by atoms with Gasteiger partial charge in [0, 0.05) is 29.2 Å². The zero-order chi connectivity index (χ0) is 19.4. The molecule has 2 heterocycles. The molecular formula is C20H22N2O4S. The van der Waals surface area contributed by atoms with Gasteiger partial charge in [-0.3, -0.25) is 9.59 Å². The van der Waals surface area contributed by atoms with E-state index in [-0.39, 0.29) is 12.5 Å². The first kappa shape index (κ1) is 19.1. The number of ether oxygens (including phenoxy) is 1. The Hall–Kier alpha value is -2.67. The van der Waals surface area contributed by atoms with Gasteiger partial charge in [0.05, 0.1) is 0 Å². The third-order valence-electron chi connectivity index (χ3n) is 4.41.